The largest absolute Gasteiger partial charge is 0.322 e. The minimum absolute atomic E-state index is 0.216. The Balaban J connectivity index is 1.55. The van der Waals surface area contributed by atoms with Crippen molar-refractivity contribution in [2.24, 2.45) is 0 Å². The molecule has 1 N–H and O–H groups in total. The summed E-state index contributed by atoms with van der Waals surface area (Å²) >= 11 is 2.12. The number of benzene rings is 2. The molecule has 4 rings (SSSR count). The van der Waals surface area contributed by atoms with Crippen LogP contribution in [-0.4, -0.2) is 30.2 Å². The summed E-state index contributed by atoms with van der Waals surface area (Å²) < 4.78 is 29.2. The van der Waals surface area contributed by atoms with Gasteiger partial charge in [-0.2, -0.15) is 4.31 Å². The van der Waals surface area contributed by atoms with Crippen LogP contribution in [0.25, 0.3) is 0 Å². The average Bonchev–Trinajstić information content (AvgIpc) is 2.80. The number of piperidine rings is 1. The van der Waals surface area contributed by atoms with E-state index in [4.69, 9.17) is 0 Å². The lowest BCUT2D eigenvalue weighted by Gasteiger charge is -2.34. The lowest BCUT2D eigenvalue weighted by Crippen LogP contribution is -2.38. The van der Waals surface area contributed by atoms with Crippen molar-refractivity contribution in [3.63, 3.8) is 0 Å². The second kappa shape index (κ2) is 9.46. The Bertz CT molecular complexity index is 1170. The standard InChI is InChI=1S/C23H22IN3O3S/c24-21-8-2-1-7-20(21)23(28)26-18-10-12-19(13-11-18)31(29,30)27-15-4-3-9-22(27)17-6-5-14-25-16-17/h1-2,5-8,10-14,16,22H,3-4,9,15H2,(H,26,28)/t22-/m1/s1. The van der Waals surface area contributed by atoms with E-state index in [-0.39, 0.29) is 16.8 Å². The Labute approximate surface area is 195 Å². The Morgan fingerprint density at radius 3 is 2.52 bits per heavy atom. The molecule has 31 heavy (non-hydrogen) atoms. The fourth-order valence-electron chi connectivity index (χ4n) is 3.79. The monoisotopic (exact) mass is 547 g/mol. The highest BCUT2D eigenvalue weighted by molar-refractivity contribution is 14.1. The first-order chi connectivity index (χ1) is 15.0. The van der Waals surface area contributed by atoms with Gasteiger partial charge in [-0.1, -0.05) is 24.6 Å². The van der Waals surface area contributed by atoms with Crippen molar-refractivity contribution in [1.82, 2.24) is 9.29 Å². The van der Waals surface area contributed by atoms with Crippen LogP contribution in [0.5, 0.6) is 0 Å². The Hall–Kier alpha value is -2.30. The van der Waals surface area contributed by atoms with Gasteiger partial charge in [0.25, 0.3) is 5.91 Å². The SMILES string of the molecule is O=C(Nc1ccc(S(=O)(=O)N2CCCC[C@@H]2c2cccnc2)cc1)c1ccccc1I. The third kappa shape index (κ3) is 4.81. The fraction of sp³-hybridized carbons (Fsp3) is 0.217. The van der Waals surface area contributed by atoms with Gasteiger partial charge in [-0.15, -0.1) is 0 Å². The summed E-state index contributed by atoms with van der Waals surface area (Å²) in [7, 11) is -3.67. The van der Waals surface area contributed by atoms with E-state index < -0.39 is 10.0 Å². The average molecular weight is 547 g/mol. The Morgan fingerprint density at radius 2 is 1.81 bits per heavy atom. The number of carbonyl (C=O) groups is 1. The summed E-state index contributed by atoms with van der Waals surface area (Å²) in [5.74, 6) is -0.228. The number of halogens is 1. The van der Waals surface area contributed by atoms with Crippen molar-refractivity contribution in [2.75, 3.05) is 11.9 Å². The molecule has 1 aliphatic rings. The maximum Gasteiger partial charge on any atom is 0.256 e. The normalized spacial score (nSPS) is 17.3. The van der Waals surface area contributed by atoms with Crippen LogP contribution in [0.2, 0.25) is 0 Å². The smallest absolute Gasteiger partial charge is 0.256 e. The van der Waals surface area contributed by atoms with Gasteiger partial charge in [0, 0.05) is 28.2 Å². The topological polar surface area (TPSA) is 79.4 Å². The Kier molecular flexibility index (Phi) is 6.68. The predicted octanol–water partition coefficient (Wildman–Crippen LogP) is 4.85. The molecular formula is C23H22IN3O3S. The molecule has 0 unspecified atom stereocenters. The molecule has 0 radical (unpaired) electrons. The summed E-state index contributed by atoms with van der Waals surface area (Å²) in [5.41, 5.74) is 2.03. The van der Waals surface area contributed by atoms with Crippen LogP contribution in [0.4, 0.5) is 5.69 Å². The molecule has 160 valence electrons. The van der Waals surface area contributed by atoms with Gasteiger partial charge < -0.3 is 5.32 Å². The third-order valence-corrected chi connectivity index (χ3v) is 8.22. The first-order valence-corrected chi connectivity index (χ1v) is 12.6. The van der Waals surface area contributed by atoms with Crippen LogP contribution < -0.4 is 5.32 Å². The van der Waals surface area contributed by atoms with Gasteiger partial charge in [-0.3, -0.25) is 9.78 Å². The third-order valence-electron chi connectivity index (χ3n) is 5.36. The minimum Gasteiger partial charge on any atom is -0.322 e. The van der Waals surface area contributed by atoms with E-state index in [9.17, 15) is 13.2 Å². The molecule has 3 aromatic rings. The summed E-state index contributed by atoms with van der Waals surface area (Å²) in [4.78, 5) is 16.9. The van der Waals surface area contributed by atoms with Gasteiger partial charge in [-0.25, -0.2) is 8.42 Å². The number of sulfonamides is 1. The number of carbonyl (C=O) groups excluding carboxylic acids is 1. The minimum atomic E-state index is -3.67. The van der Waals surface area contributed by atoms with E-state index in [0.29, 0.717) is 17.8 Å². The molecule has 6 nitrogen and oxygen atoms in total. The van der Waals surface area contributed by atoms with Gasteiger partial charge in [0.2, 0.25) is 10.0 Å². The van der Waals surface area contributed by atoms with Crippen molar-refractivity contribution < 1.29 is 13.2 Å². The molecule has 2 aromatic carbocycles. The predicted molar refractivity (Wildman–Crippen MR) is 128 cm³/mol. The molecule has 1 aromatic heterocycles. The van der Waals surface area contributed by atoms with Gasteiger partial charge >= 0.3 is 0 Å². The van der Waals surface area contributed by atoms with E-state index >= 15 is 0 Å². The number of pyridine rings is 1. The Morgan fingerprint density at radius 1 is 1.03 bits per heavy atom. The van der Waals surface area contributed by atoms with E-state index in [1.165, 1.54) is 0 Å². The summed E-state index contributed by atoms with van der Waals surface area (Å²) in [6.07, 6.45) is 6.01. The van der Waals surface area contributed by atoms with Crippen LogP contribution >= 0.6 is 22.6 Å². The van der Waals surface area contributed by atoms with Gasteiger partial charge in [-0.05, 0) is 83.5 Å². The van der Waals surface area contributed by atoms with E-state index in [2.05, 4.69) is 32.9 Å². The number of hydrogen-bond donors (Lipinski definition) is 1. The van der Waals surface area contributed by atoms with Crippen LogP contribution in [0.1, 0.15) is 41.2 Å². The van der Waals surface area contributed by atoms with Gasteiger partial charge in [0.15, 0.2) is 0 Å². The van der Waals surface area contributed by atoms with Crippen molar-refractivity contribution in [3.05, 3.63) is 87.8 Å². The number of rotatable bonds is 5. The zero-order valence-corrected chi connectivity index (χ0v) is 19.7. The lowest BCUT2D eigenvalue weighted by atomic mass is 9.99. The van der Waals surface area contributed by atoms with E-state index in [1.54, 1.807) is 47.0 Å². The van der Waals surface area contributed by atoms with Crippen molar-refractivity contribution in [3.8, 4) is 0 Å². The molecule has 2 heterocycles. The van der Waals surface area contributed by atoms with Crippen LogP contribution in [0.3, 0.4) is 0 Å². The number of aromatic nitrogens is 1. The first-order valence-electron chi connectivity index (χ1n) is 10.0. The zero-order chi connectivity index (χ0) is 21.8. The maximum absolute atomic E-state index is 13.4. The molecule has 1 amide bonds. The number of hydrogen-bond acceptors (Lipinski definition) is 4. The van der Waals surface area contributed by atoms with Crippen LogP contribution in [0, 0.1) is 3.57 Å². The highest BCUT2D eigenvalue weighted by Crippen LogP contribution is 2.35. The highest BCUT2D eigenvalue weighted by Gasteiger charge is 2.34. The van der Waals surface area contributed by atoms with Gasteiger partial charge in [0.1, 0.15) is 0 Å². The van der Waals surface area contributed by atoms with Gasteiger partial charge in [0.05, 0.1) is 16.5 Å². The van der Waals surface area contributed by atoms with E-state index in [1.807, 2.05) is 30.3 Å². The van der Waals surface area contributed by atoms with Crippen LogP contribution in [0.15, 0.2) is 78.0 Å². The molecule has 1 atom stereocenters. The summed E-state index contributed by atoms with van der Waals surface area (Å²) in [6.45, 7) is 0.479. The molecule has 1 aliphatic heterocycles. The first kappa shape index (κ1) is 21.9. The second-order valence-corrected chi connectivity index (χ2v) is 10.4. The zero-order valence-electron chi connectivity index (χ0n) is 16.7. The molecule has 1 saturated heterocycles. The quantitative estimate of drug-likeness (QED) is 0.463. The number of anilines is 1. The lowest BCUT2D eigenvalue weighted by molar-refractivity contribution is 0.102. The van der Waals surface area contributed by atoms with Crippen molar-refractivity contribution in [2.45, 2.75) is 30.2 Å². The fourth-order valence-corrected chi connectivity index (χ4v) is 6.10. The van der Waals surface area contributed by atoms with Crippen LogP contribution in [-0.2, 0) is 10.0 Å². The molecule has 0 saturated carbocycles. The number of nitrogens with one attached hydrogen (secondary N) is 1. The molecule has 0 spiro atoms. The molecule has 8 heteroatoms. The summed E-state index contributed by atoms with van der Waals surface area (Å²) in [6, 6.07) is 17.2. The molecule has 0 bridgehead atoms. The molecule has 1 fully saturated rings. The molecule has 0 aliphatic carbocycles. The van der Waals surface area contributed by atoms with Crippen molar-refractivity contribution >= 4 is 44.2 Å². The summed E-state index contributed by atoms with van der Waals surface area (Å²) in [5, 5.41) is 2.83. The highest BCUT2D eigenvalue weighted by atomic mass is 127. The number of amides is 1. The van der Waals surface area contributed by atoms with E-state index in [0.717, 1.165) is 28.4 Å². The maximum atomic E-state index is 13.4. The molecular weight excluding hydrogens is 525 g/mol. The second-order valence-electron chi connectivity index (χ2n) is 7.37. The van der Waals surface area contributed by atoms with Crippen molar-refractivity contribution in [1.29, 1.82) is 0 Å². The number of nitrogens with zero attached hydrogens (tertiary/aromatic N) is 2.